The van der Waals surface area contributed by atoms with Gasteiger partial charge in [-0.05, 0) is 6.42 Å². The summed E-state index contributed by atoms with van der Waals surface area (Å²) in [6.07, 6.45) is 2.26. The van der Waals surface area contributed by atoms with Crippen LogP contribution in [0.2, 0.25) is 0 Å². The van der Waals surface area contributed by atoms with E-state index in [0.29, 0.717) is 26.1 Å². The number of hydrogen-bond donors (Lipinski definition) is 2. The van der Waals surface area contributed by atoms with Crippen LogP contribution in [-0.2, 0) is 17.8 Å². The first kappa shape index (κ1) is 15.6. The number of ether oxygens (including phenoxy) is 2. The Bertz CT molecular complexity index is 711. The molecular weight excluding hydrogens is 296 g/mol. The number of benzene rings is 1. The molecule has 1 aliphatic rings. The van der Waals surface area contributed by atoms with E-state index in [-0.39, 0.29) is 12.7 Å². The van der Waals surface area contributed by atoms with Gasteiger partial charge >= 0.3 is 0 Å². The maximum atomic E-state index is 11.8. The fourth-order valence-electron chi connectivity index (χ4n) is 2.74. The normalized spacial score (nSPS) is 12.8. The standard InChI is InChI=1S/C16H22N4O3/c1-2-3-15-19-11-8-13-14(23-10-22-13)9-12(11)20(15)7-4-16(21)18-6-5-17/h8-9H,2-7,10,17H2,1H3,(H,18,21). The molecule has 0 atom stereocenters. The molecule has 0 spiro atoms. The molecule has 0 saturated carbocycles. The minimum atomic E-state index is 0.000455. The Morgan fingerprint density at radius 1 is 1.39 bits per heavy atom. The molecule has 3 N–H and O–H groups in total. The van der Waals surface area contributed by atoms with Gasteiger partial charge in [-0.3, -0.25) is 4.79 Å². The van der Waals surface area contributed by atoms with Crippen molar-refractivity contribution in [2.24, 2.45) is 5.73 Å². The minimum Gasteiger partial charge on any atom is -0.454 e. The zero-order valence-corrected chi connectivity index (χ0v) is 13.3. The third-order valence-electron chi connectivity index (χ3n) is 3.82. The van der Waals surface area contributed by atoms with E-state index in [2.05, 4.69) is 16.8 Å². The predicted octanol–water partition coefficient (Wildman–Crippen LogP) is 1.18. The Balaban J connectivity index is 1.86. The fourth-order valence-corrected chi connectivity index (χ4v) is 2.74. The first-order valence-corrected chi connectivity index (χ1v) is 7.98. The highest BCUT2D eigenvalue weighted by atomic mass is 16.7. The van der Waals surface area contributed by atoms with Gasteiger partial charge in [-0.2, -0.15) is 0 Å². The van der Waals surface area contributed by atoms with E-state index in [9.17, 15) is 4.79 Å². The topological polar surface area (TPSA) is 91.4 Å². The fraction of sp³-hybridized carbons (Fsp3) is 0.500. The van der Waals surface area contributed by atoms with Crippen LogP contribution in [0.3, 0.4) is 0 Å². The summed E-state index contributed by atoms with van der Waals surface area (Å²) in [5.41, 5.74) is 7.25. The monoisotopic (exact) mass is 318 g/mol. The molecular formula is C16H22N4O3. The molecule has 1 aromatic carbocycles. The molecule has 0 saturated heterocycles. The van der Waals surface area contributed by atoms with Crippen molar-refractivity contribution < 1.29 is 14.3 Å². The van der Waals surface area contributed by atoms with E-state index in [1.165, 1.54) is 0 Å². The van der Waals surface area contributed by atoms with Crippen molar-refractivity contribution >= 4 is 16.9 Å². The zero-order chi connectivity index (χ0) is 16.2. The number of nitrogens with one attached hydrogen (secondary N) is 1. The molecule has 7 nitrogen and oxygen atoms in total. The van der Waals surface area contributed by atoms with Crippen LogP contribution in [0.1, 0.15) is 25.6 Å². The highest BCUT2D eigenvalue weighted by Crippen LogP contribution is 2.36. The summed E-state index contributed by atoms with van der Waals surface area (Å²) >= 11 is 0. The average molecular weight is 318 g/mol. The van der Waals surface area contributed by atoms with Crippen LogP contribution in [0.5, 0.6) is 11.5 Å². The molecule has 0 bridgehead atoms. The van der Waals surface area contributed by atoms with Crippen molar-refractivity contribution in [2.75, 3.05) is 19.9 Å². The summed E-state index contributed by atoms with van der Waals surface area (Å²) in [6.45, 7) is 3.89. The molecule has 0 aliphatic carbocycles. The molecule has 3 rings (SSSR count). The second kappa shape index (κ2) is 6.87. The second-order valence-corrected chi connectivity index (χ2v) is 5.51. The summed E-state index contributed by atoms with van der Waals surface area (Å²) in [4.78, 5) is 16.5. The molecule has 2 heterocycles. The number of carbonyl (C=O) groups excluding carboxylic acids is 1. The first-order valence-electron chi connectivity index (χ1n) is 7.98. The van der Waals surface area contributed by atoms with Crippen LogP contribution < -0.4 is 20.5 Å². The SMILES string of the molecule is CCCc1nc2cc3c(cc2n1CCC(=O)NCCN)OCO3. The van der Waals surface area contributed by atoms with Gasteiger partial charge < -0.3 is 25.1 Å². The van der Waals surface area contributed by atoms with E-state index >= 15 is 0 Å². The lowest BCUT2D eigenvalue weighted by Gasteiger charge is -2.09. The van der Waals surface area contributed by atoms with Gasteiger partial charge in [0.05, 0.1) is 11.0 Å². The lowest BCUT2D eigenvalue weighted by atomic mass is 10.2. The number of hydrogen-bond acceptors (Lipinski definition) is 5. The molecule has 0 radical (unpaired) electrons. The largest absolute Gasteiger partial charge is 0.454 e. The summed E-state index contributed by atoms with van der Waals surface area (Å²) in [7, 11) is 0. The van der Waals surface area contributed by atoms with Gasteiger partial charge in [0.15, 0.2) is 11.5 Å². The molecule has 2 aromatic rings. The maximum absolute atomic E-state index is 11.8. The Morgan fingerprint density at radius 2 is 2.17 bits per heavy atom. The van der Waals surface area contributed by atoms with Crippen molar-refractivity contribution in [1.29, 1.82) is 0 Å². The lowest BCUT2D eigenvalue weighted by molar-refractivity contribution is -0.121. The first-order chi connectivity index (χ1) is 11.2. The van der Waals surface area contributed by atoms with Crippen molar-refractivity contribution in [3.63, 3.8) is 0 Å². The van der Waals surface area contributed by atoms with Gasteiger partial charge in [0.1, 0.15) is 5.82 Å². The lowest BCUT2D eigenvalue weighted by Crippen LogP contribution is -2.29. The molecule has 1 aromatic heterocycles. The van der Waals surface area contributed by atoms with Crippen molar-refractivity contribution in [3.05, 3.63) is 18.0 Å². The van der Waals surface area contributed by atoms with E-state index in [4.69, 9.17) is 20.2 Å². The Labute approximate surface area is 134 Å². The number of rotatable bonds is 7. The molecule has 23 heavy (non-hydrogen) atoms. The van der Waals surface area contributed by atoms with Crippen LogP contribution in [0, 0.1) is 0 Å². The highest BCUT2D eigenvalue weighted by Gasteiger charge is 2.19. The van der Waals surface area contributed by atoms with E-state index in [1.807, 2.05) is 12.1 Å². The van der Waals surface area contributed by atoms with Crippen LogP contribution >= 0.6 is 0 Å². The maximum Gasteiger partial charge on any atom is 0.231 e. The molecule has 0 fully saturated rings. The summed E-state index contributed by atoms with van der Waals surface area (Å²) < 4.78 is 13.0. The third-order valence-corrected chi connectivity index (χ3v) is 3.82. The van der Waals surface area contributed by atoms with E-state index in [1.54, 1.807) is 0 Å². The number of nitrogens with two attached hydrogens (primary N) is 1. The third kappa shape index (κ3) is 3.24. The van der Waals surface area contributed by atoms with E-state index < -0.39 is 0 Å². The molecule has 0 unspecified atom stereocenters. The van der Waals surface area contributed by atoms with Crippen molar-refractivity contribution in [1.82, 2.24) is 14.9 Å². The average Bonchev–Trinajstić information content (AvgIpc) is 3.12. The van der Waals surface area contributed by atoms with Crippen LogP contribution in [0.25, 0.3) is 11.0 Å². The number of fused-ring (bicyclic) bond motifs is 2. The number of carbonyl (C=O) groups is 1. The number of nitrogens with zero attached hydrogens (tertiary/aromatic N) is 2. The molecule has 1 amide bonds. The zero-order valence-electron chi connectivity index (χ0n) is 13.3. The Kier molecular flexibility index (Phi) is 4.66. The number of imidazole rings is 1. The summed E-state index contributed by atoms with van der Waals surface area (Å²) in [5.74, 6) is 2.44. The van der Waals surface area contributed by atoms with Crippen LogP contribution in [0.4, 0.5) is 0 Å². The van der Waals surface area contributed by atoms with Gasteiger partial charge in [0.2, 0.25) is 12.7 Å². The van der Waals surface area contributed by atoms with E-state index in [0.717, 1.165) is 41.2 Å². The van der Waals surface area contributed by atoms with Crippen molar-refractivity contribution in [3.8, 4) is 11.5 Å². The van der Waals surface area contributed by atoms with Gasteiger partial charge in [-0.15, -0.1) is 0 Å². The highest BCUT2D eigenvalue weighted by molar-refractivity contribution is 5.81. The number of aromatic nitrogens is 2. The minimum absolute atomic E-state index is 0.000455. The molecule has 7 heteroatoms. The van der Waals surface area contributed by atoms with Crippen molar-refractivity contribution in [2.45, 2.75) is 32.7 Å². The second-order valence-electron chi connectivity index (χ2n) is 5.51. The molecule has 124 valence electrons. The molecule has 1 aliphatic heterocycles. The smallest absolute Gasteiger partial charge is 0.231 e. The Morgan fingerprint density at radius 3 is 2.91 bits per heavy atom. The van der Waals surface area contributed by atoms with Gasteiger partial charge in [0.25, 0.3) is 0 Å². The van der Waals surface area contributed by atoms with Crippen LogP contribution in [0.15, 0.2) is 12.1 Å². The summed E-state index contributed by atoms with van der Waals surface area (Å²) in [6, 6.07) is 3.85. The number of aryl methyl sites for hydroxylation is 2. The number of amides is 1. The van der Waals surface area contributed by atoms with Gasteiger partial charge in [-0.1, -0.05) is 6.92 Å². The quantitative estimate of drug-likeness (QED) is 0.800. The van der Waals surface area contributed by atoms with Gasteiger partial charge in [-0.25, -0.2) is 4.98 Å². The predicted molar refractivity (Wildman–Crippen MR) is 86.5 cm³/mol. The Hall–Kier alpha value is -2.28. The van der Waals surface area contributed by atoms with Gasteiger partial charge in [0, 0.05) is 44.6 Å². The summed E-state index contributed by atoms with van der Waals surface area (Å²) in [5, 5.41) is 2.79. The van der Waals surface area contributed by atoms with Crippen LogP contribution in [-0.4, -0.2) is 35.3 Å².